The molecule has 1 atom stereocenters. The van der Waals surface area contributed by atoms with Gasteiger partial charge in [0.05, 0.1) is 17.5 Å². The van der Waals surface area contributed by atoms with Gasteiger partial charge in [0.2, 0.25) is 5.91 Å². The van der Waals surface area contributed by atoms with Gasteiger partial charge in [-0.3, -0.25) is 4.79 Å². The van der Waals surface area contributed by atoms with Crippen LogP contribution in [0.5, 0.6) is 5.75 Å². The number of rotatable bonds is 6. The first kappa shape index (κ1) is 17.6. The van der Waals surface area contributed by atoms with Crippen molar-refractivity contribution in [2.45, 2.75) is 19.3 Å². The van der Waals surface area contributed by atoms with Crippen molar-refractivity contribution in [2.24, 2.45) is 5.92 Å². The molecule has 1 fully saturated rings. The first-order chi connectivity index (χ1) is 10.6. The predicted octanol–water partition coefficient (Wildman–Crippen LogP) is 3.33. The molecule has 1 heterocycles. The fourth-order valence-electron chi connectivity index (χ4n) is 2.75. The number of ether oxygens (including phenoxy) is 1. The maximum absolute atomic E-state index is 12.3. The van der Waals surface area contributed by atoms with Gasteiger partial charge in [-0.2, -0.15) is 0 Å². The lowest BCUT2D eigenvalue weighted by Gasteiger charge is -2.32. The number of nitrogens with one attached hydrogen (secondary N) is 1. The number of halogens is 2. The van der Waals surface area contributed by atoms with Crippen molar-refractivity contribution in [1.29, 1.82) is 0 Å². The quantitative estimate of drug-likeness (QED) is 0.811. The van der Waals surface area contributed by atoms with Crippen molar-refractivity contribution in [1.82, 2.24) is 10.2 Å². The largest absolute Gasteiger partial charge is 0.492 e. The third-order valence-electron chi connectivity index (χ3n) is 3.83. The zero-order valence-corrected chi connectivity index (χ0v) is 15.1. The molecule has 1 aromatic carbocycles. The fourth-order valence-corrected chi connectivity index (χ4v) is 3.54. The molecule has 0 saturated carbocycles. The summed E-state index contributed by atoms with van der Waals surface area (Å²) >= 11 is 9.30. The first-order valence-corrected chi connectivity index (χ1v) is 8.77. The highest BCUT2D eigenvalue weighted by atomic mass is 79.9. The van der Waals surface area contributed by atoms with Crippen LogP contribution in [0.1, 0.15) is 19.3 Å². The van der Waals surface area contributed by atoms with Gasteiger partial charge in [0.1, 0.15) is 5.75 Å². The molecule has 4 nitrogen and oxygen atoms in total. The minimum absolute atomic E-state index is 0.172. The number of piperidine rings is 1. The molecule has 0 bridgehead atoms. The van der Waals surface area contributed by atoms with Gasteiger partial charge in [-0.15, -0.1) is 0 Å². The molecule has 22 heavy (non-hydrogen) atoms. The van der Waals surface area contributed by atoms with Crippen LogP contribution in [0.4, 0.5) is 0 Å². The number of carbonyl (C=O) groups excluding carboxylic acids is 1. The Labute approximate surface area is 145 Å². The molecule has 1 saturated heterocycles. The molecule has 0 aromatic heterocycles. The van der Waals surface area contributed by atoms with E-state index in [0.717, 1.165) is 30.5 Å². The molecule has 122 valence electrons. The normalized spacial score (nSPS) is 18.3. The van der Waals surface area contributed by atoms with Gasteiger partial charge in [-0.05, 0) is 66.5 Å². The van der Waals surface area contributed by atoms with Crippen LogP contribution in [0.3, 0.4) is 0 Å². The summed E-state index contributed by atoms with van der Waals surface area (Å²) in [5.41, 5.74) is 0. The van der Waals surface area contributed by atoms with Crippen LogP contribution in [-0.2, 0) is 4.79 Å². The van der Waals surface area contributed by atoms with Crippen LogP contribution < -0.4 is 10.1 Å². The third kappa shape index (κ3) is 5.14. The highest BCUT2D eigenvalue weighted by Gasteiger charge is 2.22. The first-order valence-electron chi connectivity index (χ1n) is 7.60. The molecular weight excluding hydrogens is 368 g/mol. The number of nitrogens with zero attached hydrogens (tertiary/aromatic N) is 1. The third-order valence-corrected chi connectivity index (χ3v) is 4.69. The summed E-state index contributed by atoms with van der Waals surface area (Å²) < 4.78 is 6.47. The molecule has 6 heteroatoms. The summed E-state index contributed by atoms with van der Waals surface area (Å²) in [4.78, 5) is 14.2. The van der Waals surface area contributed by atoms with E-state index in [0.29, 0.717) is 29.7 Å². The van der Waals surface area contributed by atoms with Crippen LogP contribution >= 0.6 is 27.5 Å². The Morgan fingerprint density at radius 3 is 3.09 bits per heavy atom. The Morgan fingerprint density at radius 1 is 1.55 bits per heavy atom. The van der Waals surface area contributed by atoms with Crippen molar-refractivity contribution in [3.63, 3.8) is 0 Å². The lowest BCUT2D eigenvalue weighted by atomic mass is 9.98. The lowest BCUT2D eigenvalue weighted by Crippen LogP contribution is -2.42. The van der Waals surface area contributed by atoms with E-state index in [4.69, 9.17) is 16.3 Å². The number of benzene rings is 1. The Morgan fingerprint density at radius 2 is 2.36 bits per heavy atom. The van der Waals surface area contributed by atoms with E-state index < -0.39 is 0 Å². The zero-order valence-electron chi connectivity index (χ0n) is 12.8. The van der Waals surface area contributed by atoms with Crippen molar-refractivity contribution >= 4 is 33.4 Å². The van der Waals surface area contributed by atoms with Crippen LogP contribution in [0.15, 0.2) is 22.7 Å². The van der Waals surface area contributed by atoms with E-state index in [2.05, 4.69) is 21.2 Å². The average molecular weight is 390 g/mol. The Kier molecular flexibility index (Phi) is 6.99. The monoisotopic (exact) mass is 388 g/mol. The van der Waals surface area contributed by atoms with Crippen molar-refractivity contribution in [3.8, 4) is 5.75 Å². The van der Waals surface area contributed by atoms with E-state index in [9.17, 15) is 4.79 Å². The second kappa shape index (κ2) is 8.75. The van der Waals surface area contributed by atoms with E-state index in [1.165, 1.54) is 6.42 Å². The van der Waals surface area contributed by atoms with E-state index >= 15 is 0 Å². The summed E-state index contributed by atoms with van der Waals surface area (Å²) in [6.45, 7) is 3.07. The molecule has 0 radical (unpaired) electrons. The molecule has 0 aliphatic carbocycles. The smallest absolute Gasteiger partial charge is 0.226 e. The standard InChI is InChI=1S/C16H22BrClN2O2/c1-19-10-12-3-2-7-20(11-12)16(21)6-8-22-15-5-4-13(18)9-14(15)17/h4-5,9,12,19H,2-3,6-8,10-11H2,1H3. The fraction of sp³-hybridized carbons (Fsp3) is 0.562. The summed E-state index contributed by atoms with van der Waals surface area (Å²) in [6, 6.07) is 5.36. The van der Waals surface area contributed by atoms with E-state index in [1.54, 1.807) is 18.2 Å². The molecule has 1 aromatic rings. The summed E-state index contributed by atoms with van der Waals surface area (Å²) in [7, 11) is 1.96. The maximum atomic E-state index is 12.3. The van der Waals surface area contributed by atoms with Gasteiger partial charge in [-0.25, -0.2) is 0 Å². The number of amides is 1. The highest BCUT2D eigenvalue weighted by molar-refractivity contribution is 9.10. The molecule has 2 rings (SSSR count). The number of likely N-dealkylation sites (tertiary alicyclic amines) is 1. The summed E-state index contributed by atoms with van der Waals surface area (Å²) in [6.07, 6.45) is 2.68. The lowest BCUT2D eigenvalue weighted by molar-refractivity contribution is -0.133. The van der Waals surface area contributed by atoms with Gasteiger partial charge in [0, 0.05) is 18.1 Å². The predicted molar refractivity (Wildman–Crippen MR) is 92.5 cm³/mol. The molecule has 1 N–H and O–H groups in total. The SMILES string of the molecule is CNCC1CCCN(C(=O)CCOc2ccc(Cl)cc2Br)C1. The van der Waals surface area contributed by atoms with Crippen molar-refractivity contribution < 1.29 is 9.53 Å². The minimum atomic E-state index is 0.172. The van der Waals surface area contributed by atoms with E-state index in [1.807, 2.05) is 11.9 Å². The highest BCUT2D eigenvalue weighted by Crippen LogP contribution is 2.28. The van der Waals surface area contributed by atoms with E-state index in [-0.39, 0.29) is 5.91 Å². The van der Waals surface area contributed by atoms with Crippen LogP contribution in [0, 0.1) is 5.92 Å². The number of hydrogen-bond donors (Lipinski definition) is 1. The van der Waals surface area contributed by atoms with Crippen molar-refractivity contribution in [3.05, 3.63) is 27.7 Å². The van der Waals surface area contributed by atoms with Gasteiger partial charge in [0.25, 0.3) is 0 Å². The molecule has 1 aliphatic heterocycles. The summed E-state index contributed by atoms with van der Waals surface area (Å²) in [5, 5.41) is 3.85. The Bertz CT molecular complexity index is 511. The molecular formula is C16H22BrClN2O2. The maximum Gasteiger partial charge on any atom is 0.226 e. The van der Waals surface area contributed by atoms with Crippen LogP contribution in [0.2, 0.25) is 5.02 Å². The van der Waals surface area contributed by atoms with Crippen LogP contribution in [-0.4, -0.2) is 44.1 Å². The topological polar surface area (TPSA) is 41.6 Å². The van der Waals surface area contributed by atoms with Crippen LogP contribution in [0.25, 0.3) is 0 Å². The average Bonchev–Trinajstić information content (AvgIpc) is 2.50. The van der Waals surface area contributed by atoms with Gasteiger partial charge in [0.15, 0.2) is 0 Å². The zero-order chi connectivity index (χ0) is 15.9. The second-order valence-electron chi connectivity index (χ2n) is 5.58. The molecule has 1 unspecified atom stereocenters. The Hall–Kier alpha value is -0.780. The second-order valence-corrected chi connectivity index (χ2v) is 6.87. The molecule has 1 aliphatic rings. The van der Waals surface area contributed by atoms with Gasteiger partial charge >= 0.3 is 0 Å². The van der Waals surface area contributed by atoms with Gasteiger partial charge < -0.3 is 15.0 Å². The molecule has 1 amide bonds. The summed E-state index contributed by atoms with van der Waals surface area (Å²) in [5.74, 6) is 1.45. The number of carbonyl (C=O) groups is 1. The minimum Gasteiger partial charge on any atom is -0.492 e. The van der Waals surface area contributed by atoms with Gasteiger partial charge in [-0.1, -0.05) is 11.6 Å². The van der Waals surface area contributed by atoms with Crippen molar-refractivity contribution in [2.75, 3.05) is 33.3 Å². The number of hydrogen-bond acceptors (Lipinski definition) is 3. The molecule has 0 spiro atoms. The Balaban J connectivity index is 1.77.